The summed E-state index contributed by atoms with van der Waals surface area (Å²) in [5.41, 5.74) is 0.931. The predicted molar refractivity (Wildman–Crippen MR) is 90.2 cm³/mol. The minimum Gasteiger partial charge on any atom is -0.378 e. The van der Waals surface area contributed by atoms with E-state index in [4.69, 9.17) is 16.3 Å². The van der Waals surface area contributed by atoms with Gasteiger partial charge in [0.1, 0.15) is 0 Å². The summed E-state index contributed by atoms with van der Waals surface area (Å²) in [6.45, 7) is 4.47. The zero-order valence-corrected chi connectivity index (χ0v) is 14.0. The van der Waals surface area contributed by atoms with Crippen molar-refractivity contribution in [1.82, 2.24) is 20.3 Å². The van der Waals surface area contributed by atoms with Crippen LogP contribution in [0, 0.1) is 0 Å². The molecule has 2 aromatic heterocycles. The molecule has 1 aliphatic heterocycles. The number of carbonyl (C=O) groups is 1. The Labute approximate surface area is 145 Å². The van der Waals surface area contributed by atoms with E-state index in [9.17, 15) is 4.79 Å². The van der Waals surface area contributed by atoms with Gasteiger partial charge in [0.05, 0.1) is 36.2 Å². The van der Waals surface area contributed by atoms with Crippen LogP contribution in [0.5, 0.6) is 0 Å². The third-order valence-electron chi connectivity index (χ3n) is 3.72. The van der Waals surface area contributed by atoms with Gasteiger partial charge < -0.3 is 15.0 Å². The maximum atomic E-state index is 12.5. The normalized spacial score (nSPS) is 15.8. The molecule has 0 aromatic carbocycles. The van der Waals surface area contributed by atoms with Crippen LogP contribution in [0.1, 0.15) is 29.1 Å². The predicted octanol–water partition coefficient (Wildman–Crippen LogP) is 1.85. The average molecular weight is 348 g/mol. The molecular weight excluding hydrogens is 330 g/mol. The van der Waals surface area contributed by atoms with Gasteiger partial charge in [0.15, 0.2) is 5.69 Å². The van der Waals surface area contributed by atoms with Gasteiger partial charge in [-0.05, 0) is 19.1 Å². The van der Waals surface area contributed by atoms with Crippen molar-refractivity contribution in [2.45, 2.75) is 13.0 Å². The van der Waals surface area contributed by atoms with Crippen LogP contribution >= 0.6 is 11.6 Å². The van der Waals surface area contributed by atoms with Crippen LogP contribution in [0.25, 0.3) is 0 Å². The van der Waals surface area contributed by atoms with Crippen molar-refractivity contribution in [3.8, 4) is 0 Å². The molecule has 7 nitrogen and oxygen atoms in total. The standard InChI is InChI=1S/C16H18ClN5O2/c1-11(13-4-2-3-5-18-13)20-15(23)14-12(17)10-19-16(21-14)22-6-8-24-9-7-22/h2-5,10-11H,6-9H2,1H3,(H,20,23). The number of amides is 1. The van der Waals surface area contributed by atoms with E-state index in [1.807, 2.05) is 30.0 Å². The molecule has 3 rings (SSSR count). The molecule has 0 aliphatic carbocycles. The summed E-state index contributed by atoms with van der Waals surface area (Å²) in [5.74, 6) is 0.133. The lowest BCUT2D eigenvalue weighted by Gasteiger charge is -2.27. The fourth-order valence-corrected chi connectivity index (χ4v) is 2.58. The smallest absolute Gasteiger partial charge is 0.272 e. The van der Waals surface area contributed by atoms with Crippen LogP contribution in [-0.2, 0) is 4.74 Å². The monoisotopic (exact) mass is 347 g/mol. The molecule has 1 amide bonds. The second-order valence-corrected chi connectivity index (χ2v) is 5.82. The van der Waals surface area contributed by atoms with Crippen molar-refractivity contribution in [2.75, 3.05) is 31.2 Å². The van der Waals surface area contributed by atoms with Crippen molar-refractivity contribution in [3.05, 3.63) is 47.0 Å². The van der Waals surface area contributed by atoms with Crippen molar-refractivity contribution in [3.63, 3.8) is 0 Å². The number of carbonyl (C=O) groups excluding carboxylic acids is 1. The van der Waals surface area contributed by atoms with Gasteiger partial charge in [0.25, 0.3) is 5.91 Å². The van der Waals surface area contributed by atoms with E-state index in [-0.39, 0.29) is 22.7 Å². The summed E-state index contributed by atoms with van der Waals surface area (Å²) in [6.07, 6.45) is 3.14. The molecule has 3 heterocycles. The van der Waals surface area contributed by atoms with Crippen molar-refractivity contribution in [1.29, 1.82) is 0 Å². The first-order valence-electron chi connectivity index (χ1n) is 7.72. The van der Waals surface area contributed by atoms with Crippen LogP contribution < -0.4 is 10.2 Å². The Kier molecular flexibility index (Phi) is 5.22. The maximum Gasteiger partial charge on any atom is 0.272 e. The number of halogens is 1. The molecular formula is C16H18ClN5O2. The highest BCUT2D eigenvalue weighted by atomic mass is 35.5. The average Bonchev–Trinajstić information content (AvgIpc) is 2.63. The molecule has 0 bridgehead atoms. The Morgan fingerprint density at radius 2 is 2.12 bits per heavy atom. The molecule has 8 heteroatoms. The van der Waals surface area contributed by atoms with Crippen LogP contribution in [0.3, 0.4) is 0 Å². The van der Waals surface area contributed by atoms with E-state index >= 15 is 0 Å². The number of morpholine rings is 1. The zero-order valence-electron chi connectivity index (χ0n) is 13.3. The summed E-state index contributed by atoms with van der Waals surface area (Å²) >= 11 is 6.11. The molecule has 24 heavy (non-hydrogen) atoms. The number of anilines is 1. The molecule has 0 spiro atoms. The lowest BCUT2D eigenvalue weighted by atomic mass is 10.2. The lowest BCUT2D eigenvalue weighted by Crippen LogP contribution is -2.38. The Balaban J connectivity index is 1.76. The SMILES string of the molecule is CC(NC(=O)c1nc(N2CCOCC2)ncc1Cl)c1ccccn1. The van der Waals surface area contributed by atoms with Crippen molar-refractivity contribution in [2.24, 2.45) is 0 Å². The van der Waals surface area contributed by atoms with E-state index in [1.165, 1.54) is 6.20 Å². The van der Waals surface area contributed by atoms with Crippen LogP contribution in [0.4, 0.5) is 5.95 Å². The van der Waals surface area contributed by atoms with Gasteiger partial charge in [-0.3, -0.25) is 9.78 Å². The van der Waals surface area contributed by atoms with Gasteiger partial charge >= 0.3 is 0 Å². The van der Waals surface area contributed by atoms with E-state index < -0.39 is 0 Å². The van der Waals surface area contributed by atoms with Gasteiger partial charge in [-0.2, -0.15) is 0 Å². The molecule has 1 fully saturated rings. The lowest BCUT2D eigenvalue weighted by molar-refractivity contribution is 0.0934. The highest BCUT2D eigenvalue weighted by Crippen LogP contribution is 2.18. The topological polar surface area (TPSA) is 80.2 Å². The number of rotatable bonds is 4. The Bertz CT molecular complexity index is 707. The fraction of sp³-hybridized carbons (Fsp3) is 0.375. The Morgan fingerprint density at radius 3 is 2.83 bits per heavy atom. The Hall–Kier alpha value is -2.25. The summed E-state index contributed by atoms with van der Waals surface area (Å²) in [4.78, 5) is 27.3. The first-order valence-corrected chi connectivity index (χ1v) is 8.10. The van der Waals surface area contributed by atoms with E-state index in [0.717, 1.165) is 5.69 Å². The number of aromatic nitrogens is 3. The van der Waals surface area contributed by atoms with Gasteiger partial charge in [0.2, 0.25) is 5.95 Å². The van der Waals surface area contributed by atoms with E-state index in [1.54, 1.807) is 6.20 Å². The van der Waals surface area contributed by atoms with E-state index in [2.05, 4.69) is 20.3 Å². The van der Waals surface area contributed by atoms with Crippen LogP contribution in [0.15, 0.2) is 30.6 Å². The number of hydrogen-bond donors (Lipinski definition) is 1. The maximum absolute atomic E-state index is 12.5. The number of nitrogens with one attached hydrogen (secondary N) is 1. The molecule has 1 saturated heterocycles. The molecule has 1 aliphatic rings. The summed E-state index contributed by atoms with van der Waals surface area (Å²) < 4.78 is 5.31. The zero-order chi connectivity index (χ0) is 16.9. The van der Waals surface area contributed by atoms with Gasteiger partial charge in [-0.25, -0.2) is 9.97 Å². The largest absolute Gasteiger partial charge is 0.378 e. The first-order chi connectivity index (χ1) is 11.6. The summed E-state index contributed by atoms with van der Waals surface area (Å²) in [6, 6.07) is 5.30. The molecule has 1 N–H and O–H groups in total. The number of ether oxygens (including phenoxy) is 1. The fourth-order valence-electron chi connectivity index (χ4n) is 2.40. The van der Waals surface area contributed by atoms with Crippen molar-refractivity contribution < 1.29 is 9.53 Å². The molecule has 0 saturated carbocycles. The van der Waals surface area contributed by atoms with Crippen molar-refractivity contribution >= 4 is 23.5 Å². The number of nitrogens with zero attached hydrogens (tertiary/aromatic N) is 4. The first kappa shape index (κ1) is 16.6. The molecule has 0 radical (unpaired) electrons. The second-order valence-electron chi connectivity index (χ2n) is 5.42. The van der Waals surface area contributed by atoms with E-state index in [0.29, 0.717) is 32.3 Å². The third-order valence-corrected chi connectivity index (χ3v) is 4.00. The highest BCUT2D eigenvalue weighted by molar-refractivity contribution is 6.33. The minimum atomic E-state index is -0.352. The molecule has 126 valence electrons. The molecule has 2 aromatic rings. The number of hydrogen-bond acceptors (Lipinski definition) is 6. The second kappa shape index (κ2) is 7.55. The molecule has 1 atom stereocenters. The molecule has 1 unspecified atom stereocenters. The van der Waals surface area contributed by atoms with Crippen LogP contribution in [0.2, 0.25) is 5.02 Å². The summed E-state index contributed by atoms with van der Waals surface area (Å²) in [5, 5.41) is 3.08. The van der Waals surface area contributed by atoms with Gasteiger partial charge in [0, 0.05) is 19.3 Å². The highest BCUT2D eigenvalue weighted by Gasteiger charge is 2.20. The van der Waals surface area contributed by atoms with Crippen LogP contribution in [-0.4, -0.2) is 47.2 Å². The Morgan fingerprint density at radius 1 is 1.33 bits per heavy atom. The third kappa shape index (κ3) is 3.80. The summed E-state index contributed by atoms with van der Waals surface area (Å²) in [7, 11) is 0. The minimum absolute atomic E-state index is 0.163. The quantitative estimate of drug-likeness (QED) is 0.909. The van der Waals surface area contributed by atoms with Gasteiger partial charge in [-0.15, -0.1) is 0 Å². The number of pyridine rings is 1. The van der Waals surface area contributed by atoms with Gasteiger partial charge in [-0.1, -0.05) is 17.7 Å².